The fourth-order valence-corrected chi connectivity index (χ4v) is 3.66. The van der Waals surface area contributed by atoms with Gasteiger partial charge in [-0.1, -0.05) is 6.92 Å². The Morgan fingerprint density at radius 2 is 2.10 bits per heavy atom. The minimum atomic E-state index is -0.318. The highest BCUT2D eigenvalue weighted by Gasteiger charge is 2.22. The lowest BCUT2D eigenvalue weighted by atomic mass is 9.91. The molecule has 0 amide bonds. The number of ketones is 1. The van der Waals surface area contributed by atoms with Crippen molar-refractivity contribution in [3.05, 3.63) is 40.3 Å². The van der Waals surface area contributed by atoms with Crippen LogP contribution in [-0.4, -0.2) is 45.0 Å². The number of aliphatic hydroxyl groups excluding tert-OH is 1. The molecule has 0 aromatic carbocycles. The van der Waals surface area contributed by atoms with Gasteiger partial charge in [-0.3, -0.25) is 14.6 Å². The Morgan fingerprint density at radius 3 is 2.71 bits per heavy atom. The maximum atomic E-state index is 13.0. The number of nitrogens with one attached hydrogen (secondary N) is 2. The number of carbonyl (C=O) groups is 1. The zero-order chi connectivity index (χ0) is 22.8. The summed E-state index contributed by atoms with van der Waals surface area (Å²) in [5.74, 6) is 1.76. The van der Waals surface area contributed by atoms with Gasteiger partial charge >= 0.3 is 0 Å². The third-order valence-corrected chi connectivity index (χ3v) is 5.16. The molecule has 31 heavy (non-hydrogen) atoms. The second kappa shape index (κ2) is 9.01. The maximum Gasteiger partial charge on any atom is 0.262 e. The van der Waals surface area contributed by atoms with Gasteiger partial charge in [0, 0.05) is 36.3 Å². The van der Waals surface area contributed by atoms with Crippen LogP contribution in [0.4, 0.5) is 11.6 Å². The number of hydrogen-bond acceptors (Lipinski definition) is 7. The van der Waals surface area contributed by atoms with Crippen molar-refractivity contribution in [3.63, 3.8) is 0 Å². The highest BCUT2D eigenvalue weighted by molar-refractivity contribution is 6.10. The zero-order valence-corrected chi connectivity index (χ0v) is 18.8. The highest BCUT2D eigenvalue weighted by atomic mass is 16.3. The molecule has 2 aromatic heterocycles. The summed E-state index contributed by atoms with van der Waals surface area (Å²) < 4.78 is 1.48. The molecule has 8 heteroatoms. The lowest BCUT2D eigenvalue weighted by molar-refractivity contribution is -0.114. The predicted octanol–water partition coefficient (Wildman–Crippen LogP) is 2.96. The molecule has 0 saturated heterocycles. The number of Topliss-reactive ketones (excluding diaryl/α,β-unsaturated/α-hetero) is 1. The summed E-state index contributed by atoms with van der Waals surface area (Å²) in [7, 11) is 0. The fraction of sp³-hybridized carbons (Fsp3) is 0.478. The Hall–Kier alpha value is -3.00. The molecule has 1 unspecified atom stereocenters. The smallest absolute Gasteiger partial charge is 0.262 e. The Bertz CT molecular complexity index is 1110. The summed E-state index contributed by atoms with van der Waals surface area (Å²) in [4.78, 5) is 34.3. The van der Waals surface area contributed by atoms with E-state index < -0.39 is 0 Å². The lowest BCUT2D eigenvalue weighted by Gasteiger charge is -2.24. The second-order valence-corrected chi connectivity index (χ2v) is 8.85. The normalized spacial score (nSPS) is 16.6. The minimum absolute atomic E-state index is 0.0482. The molecule has 0 spiro atoms. The third kappa shape index (κ3) is 5.19. The van der Waals surface area contributed by atoms with Crippen molar-refractivity contribution < 1.29 is 9.90 Å². The van der Waals surface area contributed by atoms with E-state index in [9.17, 15) is 14.7 Å². The van der Waals surface area contributed by atoms with Crippen LogP contribution in [-0.2, 0) is 11.3 Å². The molecule has 2 aromatic rings. The van der Waals surface area contributed by atoms with Gasteiger partial charge in [0.2, 0.25) is 0 Å². The van der Waals surface area contributed by atoms with E-state index in [4.69, 9.17) is 0 Å². The monoisotopic (exact) mass is 425 g/mol. The largest absolute Gasteiger partial charge is 0.395 e. The highest BCUT2D eigenvalue weighted by Crippen LogP contribution is 2.26. The molecule has 1 aliphatic heterocycles. The average Bonchev–Trinajstić information content (AvgIpc) is 2.68. The number of aromatic nitrogens is 2. The van der Waals surface area contributed by atoms with Crippen molar-refractivity contribution in [2.45, 2.75) is 53.1 Å². The summed E-state index contributed by atoms with van der Waals surface area (Å²) in [6.45, 7) is 10.3. The SMILES string of the molecule is CCC1CN=C(Nc2cc3ccn(CCO)c(=O)c3c(NC(C)(C)C)n2)C=C1C(C)=O. The van der Waals surface area contributed by atoms with Crippen LogP contribution in [0.15, 0.2) is 39.8 Å². The van der Waals surface area contributed by atoms with Crippen molar-refractivity contribution in [1.29, 1.82) is 0 Å². The van der Waals surface area contributed by atoms with Crippen LogP contribution >= 0.6 is 0 Å². The van der Waals surface area contributed by atoms with Crippen molar-refractivity contribution in [1.82, 2.24) is 9.55 Å². The number of hydrogen-bond donors (Lipinski definition) is 3. The molecule has 0 saturated carbocycles. The van der Waals surface area contributed by atoms with Gasteiger partial charge in [-0.2, -0.15) is 0 Å². The predicted molar refractivity (Wildman–Crippen MR) is 125 cm³/mol. The third-order valence-electron chi connectivity index (χ3n) is 5.16. The number of fused-ring (bicyclic) bond motifs is 1. The van der Waals surface area contributed by atoms with Crippen molar-refractivity contribution in [3.8, 4) is 0 Å². The van der Waals surface area contributed by atoms with Gasteiger partial charge < -0.3 is 20.3 Å². The first kappa shape index (κ1) is 22.7. The first-order valence-corrected chi connectivity index (χ1v) is 10.6. The molecule has 0 bridgehead atoms. The number of rotatable bonds is 6. The number of carbonyl (C=O) groups excluding carboxylic acids is 1. The fourth-order valence-electron chi connectivity index (χ4n) is 3.66. The lowest BCUT2D eigenvalue weighted by Crippen LogP contribution is -2.29. The molecule has 0 radical (unpaired) electrons. The summed E-state index contributed by atoms with van der Waals surface area (Å²) in [6.07, 6.45) is 4.32. The molecule has 0 aliphatic carbocycles. The van der Waals surface area contributed by atoms with Gasteiger partial charge in [-0.05, 0) is 57.7 Å². The molecule has 3 heterocycles. The quantitative estimate of drug-likeness (QED) is 0.657. The Labute approximate surface area is 182 Å². The van der Waals surface area contributed by atoms with Gasteiger partial charge in [0.15, 0.2) is 5.78 Å². The molecule has 1 aliphatic rings. The number of aliphatic imine (C=N–C) groups is 1. The standard InChI is InChI=1S/C23H31N5O3/c1-6-15-13-24-18(12-17(15)14(2)30)25-19-11-16-7-8-28(9-10-29)22(31)20(16)21(26-19)27-23(3,4)5/h7-8,11-12,15,29H,6,9-10,13H2,1-5H3,(H2,24,25,26,27). The van der Waals surface area contributed by atoms with E-state index in [0.29, 0.717) is 29.4 Å². The number of anilines is 2. The van der Waals surface area contributed by atoms with E-state index in [1.54, 1.807) is 25.3 Å². The molecular weight excluding hydrogens is 394 g/mol. The van der Waals surface area contributed by atoms with Crippen LogP contribution in [0.1, 0.15) is 41.0 Å². The summed E-state index contributed by atoms with van der Waals surface area (Å²) in [6, 6.07) is 3.63. The number of amidine groups is 1. The Kier molecular flexibility index (Phi) is 6.59. The van der Waals surface area contributed by atoms with E-state index >= 15 is 0 Å². The second-order valence-electron chi connectivity index (χ2n) is 8.85. The van der Waals surface area contributed by atoms with Gasteiger partial charge in [0.05, 0.1) is 12.0 Å². The van der Waals surface area contributed by atoms with E-state index in [0.717, 1.165) is 17.4 Å². The number of aliphatic hydroxyl groups is 1. The number of dihydropyridines is 1. The molecule has 8 nitrogen and oxygen atoms in total. The molecule has 3 N–H and O–H groups in total. The Balaban J connectivity index is 2.06. The van der Waals surface area contributed by atoms with Crippen LogP contribution < -0.4 is 16.2 Å². The van der Waals surface area contributed by atoms with Gasteiger partial charge in [0.1, 0.15) is 17.5 Å². The molecule has 0 fully saturated rings. The van der Waals surface area contributed by atoms with Gasteiger partial charge in [0.25, 0.3) is 5.56 Å². The summed E-state index contributed by atoms with van der Waals surface area (Å²) in [5, 5.41) is 17.0. The molecule has 1 atom stereocenters. The number of pyridine rings is 2. The van der Waals surface area contributed by atoms with E-state index in [1.807, 2.05) is 33.8 Å². The van der Waals surface area contributed by atoms with E-state index in [1.165, 1.54) is 4.57 Å². The zero-order valence-electron chi connectivity index (χ0n) is 18.8. The van der Waals surface area contributed by atoms with Gasteiger partial charge in [-0.25, -0.2) is 4.98 Å². The van der Waals surface area contributed by atoms with Crippen LogP contribution in [0.5, 0.6) is 0 Å². The molecule has 166 valence electrons. The minimum Gasteiger partial charge on any atom is -0.395 e. The van der Waals surface area contributed by atoms with Crippen LogP contribution in [0, 0.1) is 5.92 Å². The van der Waals surface area contributed by atoms with Crippen molar-refractivity contribution >= 4 is 34.0 Å². The summed E-state index contributed by atoms with van der Waals surface area (Å²) >= 11 is 0. The average molecular weight is 426 g/mol. The summed E-state index contributed by atoms with van der Waals surface area (Å²) in [5.41, 5.74) is 0.235. The van der Waals surface area contributed by atoms with Crippen LogP contribution in [0.25, 0.3) is 10.8 Å². The van der Waals surface area contributed by atoms with Crippen LogP contribution in [0.3, 0.4) is 0 Å². The molecular formula is C23H31N5O3. The number of nitrogens with zero attached hydrogens (tertiary/aromatic N) is 3. The van der Waals surface area contributed by atoms with Gasteiger partial charge in [-0.15, -0.1) is 0 Å². The van der Waals surface area contributed by atoms with E-state index in [2.05, 4.69) is 20.6 Å². The van der Waals surface area contributed by atoms with Crippen molar-refractivity contribution in [2.75, 3.05) is 23.8 Å². The molecule has 3 rings (SSSR count). The topological polar surface area (TPSA) is 109 Å². The van der Waals surface area contributed by atoms with Crippen molar-refractivity contribution in [2.24, 2.45) is 10.9 Å². The van der Waals surface area contributed by atoms with Crippen LogP contribution in [0.2, 0.25) is 0 Å². The first-order chi connectivity index (χ1) is 14.6. The van der Waals surface area contributed by atoms with E-state index in [-0.39, 0.29) is 36.0 Å². The first-order valence-electron chi connectivity index (χ1n) is 10.6. The maximum absolute atomic E-state index is 13.0. The Morgan fingerprint density at radius 1 is 1.35 bits per heavy atom.